The molecule has 4 aromatic carbocycles. The summed E-state index contributed by atoms with van der Waals surface area (Å²) in [5.74, 6) is -1.74. The second kappa shape index (κ2) is 17.3. The van der Waals surface area contributed by atoms with Gasteiger partial charge in [-0.1, -0.05) is 37.3 Å². The number of esters is 2. The minimum absolute atomic E-state index is 0.227. The third kappa shape index (κ3) is 9.36. The molecule has 0 aliphatic carbocycles. The number of aromatic nitrogens is 2. The number of carbonyl (C=O) groups excluding carboxylic acids is 4. The van der Waals surface area contributed by atoms with E-state index in [1.165, 1.54) is 30.3 Å². The molecule has 11 heteroatoms. The summed E-state index contributed by atoms with van der Waals surface area (Å²) < 4.78 is 17.7. The zero-order valence-corrected chi connectivity index (χ0v) is 28.6. The SMILES string of the molecule is CCCOc1cccc(-c2nn(-c3ccccc3)cc2C=C(C(=O)Nc2ccc(C(=O)OCC)cc2)C(=O)Nc2ccc(C(=O)OCC)cc2)c1. The summed E-state index contributed by atoms with van der Waals surface area (Å²) in [4.78, 5) is 52.2. The highest BCUT2D eigenvalue weighted by Crippen LogP contribution is 2.29. The van der Waals surface area contributed by atoms with Crippen molar-refractivity contribution >= 4 is 41.2 Å². The highest BCUT2D eigenvalue weighted by atomic mass is 16.5. The second-order valence-electron chi connectivity index (χ2n) is 11.2. The van der Waals surface area contributed by atoms with Gasteiger partial charge < -0.3 is 24.8 Å². The standard InChI is InChI=1S/C40H38N4O7/c1-4-23-51-34-14-10-11-29(24-34)36-30(26-44(43-36)33-12-8-7-9-13-33)25-35(37(45)41-31-19-15-27(16-20-31)39(47)49-5-2)38(46)42-32-21-17-28(18-22-32)40(48)50-6-3/h7-22,24-26H,4-6,23H2,1-3H3,(H,41,45)(H,42,46). The van der Waals surface area contributed by atoms with E-state index in [0.717, 1.165) is 12.1 Å². The Kier molecular flexibility index (Phi) is 12.1. The van der Waals surface area contributed by atoms with E-state index in [-0.39, 0.29) is 18.8 Å². The number of hydrogen-bond acceptors (Lipinski definition) is 8. The van der Waals surface area contributed by atoms with Crippen LogP contribution in [0.2, 0.25) is 0 Å². The van der Waals surface area contributed by atoms with Gasteiger partial charge in [0.25, 0.3) is 11.8 Å². The number of anilines is 2. The number of rotatable bonds is 14. The summed E-state index contributed by atoms with van der Waals surface area (Å²) in [6.07, 6.45) is 4.06. The predicted molar refractivity (Wildman–Crippen MR) is 195 cm³/mol. The Balaban J connectivity index is 1.55. The first kappa shape index (κ1) is 35.8. The lowest BCUT2D eigenvalue weighted by atomic mass is 10.0. The first-order valence-electron chi connectivity index (χ1n) is 16.6. The smallest absolute Gasteiger partial charge is 0.338 e. The van der Waals surface area contributed by atoms with Crippen molar-refractivity contribution < 1.29 is 33.4 Å². The van der Waals surface area contributed by atoms with Gasteiger partial charge >= 0.3 is 11.9 Å². The quantitative estimate of drug-likeness (QED) is 0.0536. The van der Waals surface area contributed by atoms with Crippen LogP contribution in [0.25, 0.3) is 23.0 Å². The topological polar surface area (TPSA) is 138 Å². The zero-order chi connectivity index (χ0) is 36.2. The Morgan fingerprint density at radius 2 is 1.27 bits per heavy atom. The lowest BCUT2D eigenvalue weighted by molar-refractivity contribution is -0.118. The van der Waals surface area contributed by atoms with Gasteiger partial charge in [0, 0.05) is 28.7 Å². The third-order valence-electron chi connectivity index (χ3n) is 7.44. The van der Waals surface area contributed by atoms with Crippen LogP contribution in [0.3, 0.4) is 0 Å². The fourth-order valence-corrected chi connectivity index (χ4v) is 4.98. The van der Waals surface area contributed by atoms with Gasteiger partial charge in [0.1, 0.15) is 17.0 Å². The monoisotopic (exact) mass is 686 g/mol. The average molecular weight is 687 g/mol. The van der Waals surface area contributed by atoms with Gasteiger partial charge in [-0.25, -0.2) is 14.3 Å². The molecular weight excluding hydrogens is 648 g/mol. The van der Waals surface area contributed by atoms with Gasteiger partial charge in [-0.3, -0.25) is 9.59 Å². The Labute approximate surface area is 295 Å². The molecule has 0 radical (unpaired) electrons. The van der Waals surface area contributed by atoms with Gasteiger partial charge in [-0.2, -0.15) is 5.10 Å². The number of hydrogen-bond donors (Lipinski definition) is 2. The maximum Gasteiger partial charge on any atom is 0.338 e. The number of nitrogens with one attached hydrogen (secondary N) is 2. The van der Waals surface area contributed by atoms with E-state index in [4.69, 9.17) is 19.3 Å². The van der Waals surface area contributed by atoms with Gasteiger partial charge in [0.2, 0.25) is 0 Å². The highest BCUT2D eigenvalue weighted by Gasteiger charge is 2.22. The van der Waals surface area contributed by atoms with Crippen LogP contribution in [0.15, 0.2) is 115 Å². The van der Waals surface area contributed by atoms with Crippen molar-refractivity contribution in [2.75, 3.05) is 30.5 Å². The summed E-state index contributed by atoms with van der Waals surface area (Å²) in [5, 5.41) is 10.4. The molecule has 260 valence electrons. The van der Waals surface area contributed by atoms with Gasteiger partial charge in [-0.05, 0) is 99.1 Å². The molecule has 0 atom stereocenters. The number of para-hydroxylation sites is 1. The van der Waals surface area contributed by atoms with E-state index in [1.54, 1.807) is 49.0 Å². The molecule has 2 N–H and O–H groups in total. The van der Waals surface area contributed by atoms with Crippen LogP contribution >= 0.6 is 0 Å². The largest absolute Gasteiger partial charge is 0.494 e. The van der Waals surface area contributed by atoms with E-state index in [1.807, 2.05) is 61.5 Å². The molecule has 5 aromatic rings. The molecule has 2 amide bonds. The molecule has 0 aliphatic heterocycles. The molecule has 0 saturated heterocycles. The molecule has 5 rings (SSSR count). The van der Waals surface area contributed by atoms with Crippen molar-refractivity contribution in [2.24, 2.45) is 0 Å². The molecule has 0 fully saturated rings. The fourth-order valence-electron chi connectivity index (χ4n) is 4.98. The number of ether oxygens (including phenoxy) is 3. The summed E-state index contributed by atoms with van der Waals surface area (Å²) >= 11 is 0. The van der Waals surface area contributed by atoms with Crippen LogP contribution in [-0.4, -0.2) is 53.4 Å². The van der Waals surface area contributed by atoms with Gasteiger partial charge in [-0.15, -0.1) is 0 Å². The van der Waals surface area contributed by atoms with Crippen molar-refractivity contribution in [3.05, 3.63) is 132 Å². The van der Waals surface area contributed by atoms with Crippen molar-refractivity contribution in [1.82, 2.24) is 9.78 Å². The third-order valence-corrected chi connectivity index (χ3v) is 7.44. The molecule has 0 saturated carbocycles. The van der Waals surface area contributed by atoms with Crippen LogP contribution in [0.4, 0.5) is 11.4 Å². The Hall–Kier alpha value is -6.49. The van der Waals surface area contributed by atoms with Crippen molar-refractivity contribution in [1.29, 1.82) is 0 Å². The molecule has 1 aromatic heterocycles. The average Bonchev–Trinajstić information content (AvgIpc) is 3.58. The zero-order valence-electron chi connectivity index (χ0n) is 28.6. The second-order valence-corrected chi connectivity index (χ2v) is 11.2. The van der Waals surface area contributed by atoms with Crippen LogP contribution < -0.4 is 15.4 Å². The summed E-state index contributed by atoms with van der Waals surface area (Å²) in [6, 6.07) is 29.2. The predicted octanol–water partition coefficient (Wildman–Crippen LogP) is 7.34. The molecule has 51 heavy (non-hydrogen) atoms. The number of nitrogens with zero attached hydrogens (tertiary/aromatic N) is 2. The van der Waals surface area contributed by atoms with Gasteiger partial charge in [0.15, 0.2) is 0 Å². The molecule has 0 bridgehead atoms. The minimum Gasteiger partial charge on any atom is -0.494 e. The Morgan fingerprint density at radius 3 is 1.80 bits per heavy atom. The van der Waals surface area contributed by atoms with Crippen LogP contribution in [0.5, 0.6) is 5.75 Å². The van der Waals surface area contributed by atoms with E-state index < -0.39 is 23.8 Å². The Morgan fingerprint density at radius 1 is 0.706 bits per heavy atom. The molecule has 11 nitrogen and oxygen atoms in total. The van der Waals surface area contributed by atoms with Crippen LogP contribution in [0.1, 0.15) is 53.5 Å². The summed E-state index contributed by atoms with van der Waals surface area (Å²) in [7, 11) is 0. The van der Waals surface area contributed by atoms with Crippen molar-refractivity contribution in [2.45, 2.75) is 27.2 Å². The van der Waals surface area contributed by atoms with E-state index in [0.29, 0.717) is 51.7 Å². The molecular formula is C40H38N4O7. The van der Waals surface area contributed by atoms with Crippen molar-refractivity contribution in [3.8, 4) is 22.7 Å². The van der Waals surface area contributed by atoms with E-state index in [2.05, 4.69) is 10.6 Å². The van der Waals surface area contributed by atoms with Crippen LogP contribution in [-0.2, 0) is 19.1 Å². The first-order chi connectivity index (χ1) is 24.8. The molecule has 0 aliphatic rings. The molecule has 1 heterocycles. The van der Waals surface area contributed by atoms with Gasteiger partial charge in [0.05, 0.1) is 36.6 Å². The lowest BCUT2D eigenvalue weighted by Gasteiger charge is -2.12. The summed E-state index contributed by atoms with van der Waals surface area (Å²) in [5.41, 5.74) is 3.60. The van der Waals surface area contributed by atoms with E-state index >= 15 is 0 Å². The number of amides is 2. The van der Waals surface area contributed by atoms with Crippen LogP contribution in [0, 0.1) is 0 Å². The normalized spacial score (nSPS) is 10.5. The Bertz CT molecular complexity index is 1940. The van der Waals surface area contributed by atoms with E-state index in [9.17, 15) is 19.2 Å². The fraction of sp³-hybridized carbons (Fsp3) is 0.175. The highest BCUT2D eigenvalue weighted by molar-refractivity contribution is 6.29. The maximum absolute atomic E-state index is 13.9. The van der Waals surface area contributed by atoms with Crippen molar-refractivity contribution in [3.63, 3.8) is 0 Å². The number of benzene rings is 4. The summed E-state index contributed by atoms with van der Waals surface area (Å²) in [6.45, 7) is 6.45. The molecule has 0 unspecified atom stereocenters. The first-order valence-corrected chi connectivity index (χ1v) is 16.6. The maximum atomic E-state index is 13.9. The molecule has 0 spiro atoms. The lowest BCUT2D eigenvalue weighted by Crippen LogP contribution is -2.25. The minimum atomic E-state index is -0.710. The number of carbonyl (C=O) groups is 4.